The number of hydrogen-bond acceptors (Lipinski definition) is 8. The molecule has 0 amide bonds. The van der Waals surface area contributed by atoms with Crippen molar-refractivity contribution < 1.29 is 18.3 Å². The number of phenolic OH excluding ortho intramolecular Hbond substituents is 1. The van der Waals surface area contributed by atoms with Crippen molar-refractivity contribution in [2.45, 2.75) is 17.7 Å². The highest BCUT2D eigenvalue weighted by Crippen LogP contribution is 2.40. The Bertz CT molecular complexity index is 1320. The Hall–Kier alpha value is -3.81. The van der Waals surface area contributed by atoms with Gasteiger partial charge in [0.15, 0.2) is 0 Å². The molecule has 0 radical (unpaired) electrons. The van der Waals surface area contributed by atoms with Gasteiger partial charge in [0.05, 0.1) is 28.4 Å². The van der Waals surface area contributed by atoms with E-state index in [2.05, 4.69) is 15.0 Å². The van der Waals surface area contributed by atoms with Gasteiger partial charge in [0.25, 0.3) is 0 Å². The third kappa shape index (κ3) is 5.39. The number of nitriles is 1. The lowest BCUT2D eigenvalue weighted by atomic mass is 10.1. The zero-order valence-electron chi connectivity index (χ0n) is 18.4. The Morgan fingerprint density at radius 3 is 2.62 bits per heavy atom. The van der Waals surface area contributed by atoms with Gasteiger partial charge in [-0.05, 0) is 49.1 Å². The van der Waals surface area contributed by atoms with E-state index in [-0.39, 0.29) is 35.1 Å². The molecule has 176 valence electrons. The van der Waals surface area contributed by atoms with E-state index in [0.717, 1.165) is 12.8 Å². The molecular formula is C24H25N5O4S. The Kier molecular flexibility index (Phi) is 6.86. The number of aromatic nitrogens is 1. The van der Waals surface area contributed by atoms with Crippen LogP contribution in [0.15, 0.2) is 59.5 Å². The van der Waals surface area contributed by atoms with Crippen molar-refractivity contribution >= 4 is 21.5 Å². The van der Waals surface area contributed by atoms with E-state index in [9.17, 15) is 18.8 Å². The maximum atomic E-state index is 12.4. The largest absolute Gasteiger partial charge is 0.507 e. The van der Waals surface area contributed by atoms with Gasteiger partial charge in [-0.25, -0.2) is 18.1 Å². The third-order valence-corrected chi connectivity index (χ3v) is 6.85. The number of pyridine rings is 1. The summed E-state index contributed by atoms with van der Waals surface area (Å²) in [5.41, 5.74) is 7.27. The first-order chi connectivity index (χ1) is 16.4. The summed E-state index contributed by atoms with van der Waals surface area (Å²) in [4.78, 5) is 4.48. The first kappa shape index (κ1) is 23.4. The minimum absolute atomic E-state index is 0.0104. The van der Waals surface area contributed by atoms with Crippen LogP contribution in [0.5, 0.6) is 11.5 Å². The van der Waals surface area contributed by atoms with Gasteiger partial charge in [0.1, 0.15) is 28.9 Å². The fourth-order valence-electron chi connectivity index (χ4n) is 3.40. The van der Waals surface area contributed by atoms with Crippen LogP contribution in [0.1, 0.15) is 18.4 Å². The standard InChI is InChI=1S/C24H25N5O4S/c25-14-18-19(27-11-12-28-34(31,32)17-5-2-1-3-6-17)13-20(29-24(18)26)23-21(30)7-4-8-22(23)33-15-16-9-10-16/h1-8,13,16,28,30H,9-12,15H2,(H3,26,27,29). The molecule has 0 unspecified atom stereocenters. The second kappa shape index (κ2) is 9.99. The number of sulfonamides is 1. The van der Waals surface area contributed by atoms with Gasteiger partial charge in [-0.3, -0.25) is 0 Å². The molecule has 10 heteroatoms. The van der Waals surface area contributed by atoms with E-state index in [1.54, 1.807) is 36.4 Å². The zero-order chi connectivity index (χ0) is 24.1. The van der Waals surface area contributed by atoms with Crippen LogP contribution >= 0.6 is 0 Å². The molecular weight excluding hydrogens is 454 g/mol. The van der Waals surface area contributed by atoms with Gasteiger partial charge >= 0.3 is 0 Å². The number of ether oxygens (including phenoxy) is 1. The van der Waals surface area contributed by atoms with E-state index < -0.39 is 10.0 Å². The van der Waals surface area contributed by atoms with Crippen molar-refractivity contribution in [3.8, 4) is 28.8 Å². The van der Waals surface area contributed by atoms with Crippen LogP contribution in [0.3, 0.4) is 0 Å². The lowest BCUT2D eigenvalue weighted by molar-refractivity contribution is 0.299. The molecule has 0 aliphatic heterocycles. The van der Waals surface area contributed by atoms with Crippen LogP contribution in [0.4, 0.5) is 11.5 Å². The van der Waals surface area contributed by atoms with Crippen LogP contribution < -0.4 is 20.5 Å². The van der Waals surface area contributed by atoms with E-state index in [4.69, 9.17) is 10.5 Å². The highest BCUT2D eigenvalue weighted by molar-refractivity contribution is 7.89. The molecule has 1 saturated carbocycles. The molecule has 9 nitrogen and oxygen atoms in total. The molecule has 1 aliphatic carbocycles. The number of hydrogen-bond donors (Lipinski definition) is 4. The topological polar surface area (TPSA) is 150 Å². The predicted octanol–water partition coefficient (Wildman–Crippen LogP) is 3.09. The Labute approximate surface area is 198 Å². The van der Waals surface area contributed by atoms with Gasteiger partial charge in [0.2, 0.25) is 10.0 Å². The maximum absolute atomic E-state index is 12.4. The SMILES string of the molecule is N#Cc1c(NCCNS(=O)(=O)c2ccccc2)cc(-c2c(O)cccc2OCC2CC2)nc1N. The second-order valence-corrected chi connectivity index (χ2v) is 9.74. The molecule has 34 heavy (non-hydrogen) atoms. The summed E-state index contributed by atoms with van der Waals surface area (Å²) >= 11 is 0. The molecule has 3 aromatic rings. The minimum atomic E-state index is -3.65. The third-order valence-electron chi connectivity index (χ3n) is 5.38. The van der Waals surface area contributed by atoms with Crippen molar-refractivity contribution in [3.63, 3.8) is 0 Å². The van der Waals surface area contributed by atoms with Crippen molar-refractivity contribution in [3.05, 3.63) is 60.2 Å². The summed E-state index contributed by atoms with van der Waals surface area (Å²) in [5.74, 6) is 0.964. The van der Waals surface area contributed by atoms with Crippen LogP contribution in [0.2, 0.25) is 0 Å². The maximum Gasteiger partial charge on any atom is 0.240 e. The van der Waals surface area contributed by atoms with Crippen molar-refractivity contribution in [2.75, 3.05) is 30.7 Å². The molecule has 0 saturated heterocycles. The number of nitrogens with zero attached hydrogens (tertiary/aromatic N) is 2. The fourth-order valence-corrected chi connectivity index (χ4v) is 4.46. The monoisotopic (exact) mass is 479 g/mol. The minimum Gasteiger partial charge on any atom is -0.507 e. The van der Waals surface area contributed by atoms with Crippen molar-refractivity contribution in [1.29, 1.82) is 5.26 Å². The number of nitrogen functional groups attached to an aromatic ring is 1. The number of phenols is 1. The highest BCUT2D eigenvalue weighted by atomic mass is 32.2. The number of benzene rings is 2. The van der Waals surface area contributed by atoms with Gasteiger partial charge in [0, 0.05) is 13.1 Å². The number of nitrogens with two attached hydrogens (primary N) is 1. The predicted molar refractivity (Wildman–Crippen MR) is 129 cm³/mol. The summed E-state index contributed by atoms with van der Waals surface area (Å²) < 4.78 is 33.2. The van der Waals surface area contributed by atoms with Gasteiger partial charge in [-0.15, -0.1) is 0 Å². The first-order valence-corrected chi connectivity index (χ1v) is 12.3. The first-order valence-electron chi connectivity index (χ1n) is 10.8. The lowest BCUT2D eigenvalue weighted by Crippen LogP contribution is -2.29. The number of aromatic hydroxyl groups is 1. The average Bonchev–Trinajstić information content (AvgIpc) is 3.65. The van der Waals surface area contributed by atoms with Crippen LogP contribution in [0.25, 0.3) is 11.3 Å². The van der Waals surface area contributed by atoms with E-state index in [0.29, 0.717) is 35.2 Å². The zero-order valence-corrected chi connectivity index (χ0v) is 19.2. The summed E-state index contributed by atoms with van der Waals surface area (Å²) in [7, 11) is -3.65. The van der Waals surface area contributed by atoms with Crippen molar-refractivity contribution in [1.82, 2.24) is 9.71 Å². The summed E-state index contributed by atoms with van der Waals surface area (Å²) in [6, 6.07) is 16.6. The summed E-state index contributed by atoms with van der Waals surface area (Å²) in [6.45, 7) is 0.816. The fraction of sp³-hybridized carbons (Fsp3) is 0.250. The summed E-state index contributed by atoms with van der Waals surface area (Å²) in [5, 5.41) is 23.1. The quantitative estimate of drug-likeness (QED) is 0.324. The Morgan fingerprint density at radius 1 is 1.15 bits per heavy atom. The molecule has 1 aliphatic rings. The molecule has 1 fully saturated rings. The van der Waals surface area contributed by atoms with E-state index in [1.807, 2.05) is 6.07 Å². The van der Waals surface area contributed by atoms with E-state index >= 15 is 0 Å². The average molecular weight is 480 g/mol. The lowest BCUT2D eigenvalue weighted by Gasteiger charge is -2.16. The Balaban J connectivity index is 1.53. The molecule has 0 spiro atoms. The Morgan fingerprint density at radius 2 is 1.91 bits per heavy atom. The van der Waals surface area contributed by atoms with E-state index in [1.165, 1.54) is 18.2 Å². The summed E-state index contributed by atoms with van der Waals surface area (Å²) in [6.07, 6.45) is 2.25. The van der Waals surface area contributed by atoms with Crippen LogP contribution in [-0.4, -0.2) is 38.2 Å². The smallest absolute Gasteiger partial charge is 0.240 e. The van der Waals surface area contributed by atoms with Crippen LogP contribution in [-0.2, 0) is 10.0 Å². The number of anilines is 2. The van der Waals surface area contributed by atoms with Crippen molar-refractivity contribution in [2.24, 2.45) is 5.92 Å². The van der Waals surface area contributed by atoms with Crippen LogP contribution in [0, 0.1) is 17.2 Å². The molecule has 1 heterocycles. The normalized spacial score (nSPS) is 13.3. The molecule has 1 aromatic heterocycles. The number of nitrogens with one attached hydrogen (secondary N) is 2. The number of rotatable bonds is 10. The van der Waals surface area contributed by atoms with Gasteiger partial charge < -0.3 is 20.9 Å². The molecule has 2 aromatic carbocycles. The van der Waals surface area contributed by atoms with Gasteiger partial charge in [-0.1, -0.05) is 24.3 Å². The van der Waals surface area contributed by atoms with Gasteiger partial charge in [-0.2, -0.15) is 5.26 Å². The second-order valence-electron chi connectivity index (χ2n) is 7.97. The molecule has 0 atom stereocenters. The molecule has 5 N–H and O–H groups in total. The highest BCUT2D eigenvalue weighted by Gasteiger charge is 2.24. The molecule has 0 bridgehead atoms. The molecule has 4 rings (SSSR count).